The number of carbonyl (C=O) groups excluding carboxylic acids is 1. The third kappa shape index (κ3) is 4.61. The molecule has 1 aliphatic rings. The molecule has 5 aromatic rings. The van der Waals surface area contributed by atoms with Crippen LogP contribution in [0.4, 0.5) is 5.82 Å². The second-order valence-corrected chi connectivity index (χ2v) is 9.22. The first-order valence-corrected chi connectivity index (χ1v) is 12.3. The Bertz CT molecular complexity index is 1610. The largest absolute Gasteiger partial charge is 0.361 e. The lowest BCUT2D eigenvalue weighted by molar-refractivity contribution is -0.124. The van der Waals surface area contributed by atoms with Gasteiger partial charge in [-0.1, -0.05) is 48.5 Å². The summed E-state index contributed by atoms with van der Waals surface area (Å²) >= 11 is 0. The van der Waals surface area contributed by atoms with Crippen LogP contribution in [-0.2, 0) is 24.3 Å². The summed E-state index contributed by atoms with van der Waals surface area (Å²) in [4.78, 5) is 38.2. The summed E-state index contributed by atoms with van der Waals surface area (Å²) in [7, 11) is 0. The smallest absolute Gasteiger partial charge is 0.294 e. The number of nitrogens with one attached hydrogen (secondary N) is 3. The number of pyridine rings is 1. The molecule has 6 rings (SSSR count). The average Bonchev–Trinajstić information content (AvgIpc) is 3.57. The maximum atomic E-state index is 13.3. The van der Waals surface area contributed by atoms with Crippen molar-refractivity contribution >= 4 is 22.6 Å². The van der Waals surface area contributed by atoms with Crippen LogP contribution in [0.15, 0.2) is 90.1 Å². The summed E-state index contributed by atoms with van der Waals surface area (Å²) < 4.78 is 1.58. The molecule has 0 saturated carbocycles. The topological polar surface area (TPSA) is 105 Å². The van der Waals surface area contributed by atoms with Crippen molar-refractivity contribution in [3.8, 4) is 11.1 Å². The zero-order valence-corrected chi connectivity index (χ0v) is 20.1. The van der Waals surface area contributed by atoms with Crippen LogP contribution < -0.4 is 16.2 Å². The highest BCUT2D eigenvalue weighted by Crippen LogP contribution is 2.25. The van der Waals surface area contributed by atoms with Gasteiger partial charge in [0.05, 0.1) is 6.54 Å². The summed E-state index contributed by atoms with van der Waals surface area (Å²) in [6.07, 6.45) is 6.41. The van der Waals surface area contributed by atoms with Crippen LogP contribution in [-0.4, -0.2) is 25.4 Å². The van der Waals surface area contributed by atoms with Crippen LogP contribution in [0.5, 0.6) is 0 Å². The quantitative estimate of drug-likeness (QED) is 0.317. The molecule has 8 heteroatoms. The molecule has 0 aliphatic carbocycles. The Labute approximate surface area is 213 Å². The average molecular weight is 491 g/mol. The fraction of sp³-hybridized carbons (Fsp3) is 0.172. The minimum Gasteiger partial charge on any atom is -0.361 e. The lowest BCUT2D eigenvalue weighted by Gasteiger charge is -2.16. The number of rotatable bonds is 7. The number of aryl methyl sites for hydroxylation is 1. The molecule has 3 N–H and O–H groups in total. The first-order chi connectivity index (χ1) is 18.2. The van der Waals surface area contributed by atoms with E-state index in [1.807, 2.05) is 42.5 Å². The molecule has 3 aromatic heterocycles. The van der Waals surface area contributed by atoms with E-state index < -0.39 is 6.04 Å². The van der Waals surface area contributed by atoms with E-state index in [4.69, 9.17) is 0 Å². The fourth-order valence-electron chi connectivity index (χ4n) is 4.92. The lowest BCUT2D eigenvalue weighted by atomic mass is 10.0. The Morgan fingerprint density at radius 1 is 1.00 bits per heavy atom. The molecule has 0 saturated heterocycles. The van der Waals surface area contributed by atoms with Gasteiger partial charge in [0.1, 0.15) is 6.04 Å². The number of benzene rings is 2. The van der Waals surface area contributed by atoms with Crippen LogP contribution in [0.3, 0.4) is 0 Å². The van der Waals surface area contributed by atoms with E-state index in [1.165, 1.54) is 0 Å². The molecule has 0 radical (unpaired) electrons. The number of aromatic nitrogens is 4. The van der Waals surface area contributed by atoms with Crippen LogP contribution >= 0.6 is 0 Å². The monoisotopic (exact) mass is 490 g/mol. The van der Waals surface area contributed by atoms with Crippen LogP contribution in [0, 0.1) is 0 Å². The van der Waals surface area contributed by atoms with E-state index in [-0.39, 0.29) is 17.3 Å². The van der Waals surface area contributed by atoms with Crippen LogP contribution in [0.2, 0.25) is 0 Å². The number of fused-ring (bicyclic) bond motifs is 2. The van der Waals surface area contributed by atoms with Crippen molar-refractivity contribution < 1.29 is 4.79 Å². The zero-order valence-electron chi connectivity index (χ0n) is 20.1. The van der Waals surface area contributed by atoms with Crippen molar-refractivity contribution in [2.24, 2.45) is 0 Å². The number of hydrogen-bond donors (Lipinski definition) is 3. The Balaban J connectivity index is 1.15. The van der Waals surface area contributed by atoms with E-state index >= 15 is 0 Å². The predicted octanol–water partition coefficient (Wildman–Crippen LogP) is 4.20. The molecule has 1 unspecified atom stereocenters. The lowest BCUT2D eigenvalue weighted by Crippen LogP contribution is -2.36. The van der Waals surface area contributed by atoms with Crippen LogP contribution in [0.25, 0.3) is 22.0 Å². The van der Waals surface area contributed by atoms with Gasteiger partial charge in [-0.05, 0) is 47.7 Å². The van der Waals surface area contributed by atoms with Gasteiger partial charge in [-0.3, -0.25) is 19.1 Å². The number of amides is 1. The van der Waals surface area contributed by atoms with E-state index in [1.54, 1.807) is 23.2 Å². The van der Waals surface area contributed by atoms with E-state index in [2.05, 4.69) is 49.9 Å². The molecule has 1 amide bonds. The van der Waals surface area contributed by atoms with Gasteiger partial charge in [-0.25, -0.2) is 4.98 Å². The summed E-state index contributed by atoms with van der Waals surface area (Å²) in [6.45, 7) is 0.802. The standard InChI is InChI=1S/C29H26N6O2/c36-28(33-17-23-14-22-16-30-12-11-25(22)34-23)26-10-9-24-18-32-27(29(37)35(24)26)31-15-19-5-4-8-21(13-19)20-6-2-1-3-7-20/h1-8,11-14,16,18,26,34H,9-10,15,17H2,(H,31,32)(H,33,36). The van der Waals surface area contributed by atoms with Gasteiger partial charge in [0.15, 0.2) is 5.82 Å². The molecule has 4 heterocycles. The maximum Gasteiger partial charge on any atom is 0.294 e. The Hall–Kier alpha value is -4.72. The van der Waals surface area contributed by atoms with Gasteiger partial charge in [-0.2, -0.15) is 0 Å². The number of carbonyl (C=O) groups is 1. The summed E-state index contributed by atoms with van der Waals surface area (Å²) in [5.41, 5.74) is 5.65. The van der Waals surface area contributed by atoms with Gasteiger partial charge in [-0.15, -0.1) is 0 Å². The van der Waals surface area contributed by atoms with Gasteiger partial charge in [0.2, 0.25) is 5.91 Å². The number of nitrogens with zero attached hydrogens (tertiary/aromatic N) is 3. The molecule has 1 atom stereocenters. The van der Waals surface area contributed by atoms with Crippen molar-refractivity contribution in [1.82, 2.24) is 24.8 Å². The van der Waals surface area contributed by atoms with E-state index in [0.29, 0.717) is 25.9 Å². The van der Waals surface area contributed by atoms with Crippen LogP contribution in [0.1, 0.15) is 29.4 Å². The normalized spacial score (nSPS) is 14.4. The number of hydrogen-bond acceptors (Lipinski definition) is 5. The summed E-state index contributed by atoms with van der Waals surface area (Å²) in [6, 6.07) is 21.7. The number of aromatic amines is 1. The Kier molecular flexibility index (Phi) is 5.98. The minimum atomic E-state index is -0.557. The third-order valence-corrected chi connectivity index (χ3v) is 6.79. The Morgan fingerprint density at radius 3 is 2.73 bits per heavy atom. The molecular formula is C29H26N6O2. The summed E-state index contributed by atoms with van der Waals surface area (Å²) in [5, 5.41) is 7.15. The van der Waals surface area contributed by atoms with Gasteiger partial charge < -0.3 is 15.6 Å². The molecule has 0 fully saturated rings. The third-order valence-electron chi connectivity index (χ3n) is 6.79. The van der Waals surface area contributed by atoms with E-state index in [9.17, 15) is 9.59 Å². The van der Waals surface area contributed by atoms with Crippen molar-refractivity contribution in [2.75, 3.05) is 5.32 Å². The molecule has 37 heavy (non-hydrogen) atoms. The Morgan fingerprint density at radius 2 is 1.86 bits per heavy atom. The zero-order chi connectivity index (χ0) is 25.2. The predicted molar refractivity (Wildman–Crippen MR) is 143 cm³/mol. The van der Waals surface area contributed by atoms with Crippen molar-refractivity contribution in [2.45, 2.75) is 32.0 Å². The summed E-state index contributed by atoms with van der Waals surface area (Å²) in [5.74, 6) is 0.0713. The minimum absolute atomic E-state index is 0.176. The van der Waals surface area contributed by atoms with Crippen molar-refractivity contribution in [1.29, 1.82) is 0 Å². The fourth-order valence-corrected chi connectivity index (χ4v) is 4.92. The number of H-pyrrole nitrogens is 1. The molecular weight excluding hydrogens is 464 g/mol. The second-order valence-electron chi connectivity index (χ2n) is 9.22. The molecule has 0 spiro atoms. The molecule has 184 valence electrons. The highest BCUT2D eigenvalue weighted by Gasteiger charge is 2.30. The molecule has 8 nitrogen and oxygen atoms in total. The molecule has 1 aliphatic heterocycles. The number of anilines is 1. The van der Waals surface area contributed by atoms with Crippen molar-refractivity contribution in [3.63, 3.8) is 0 Å². The van der Waals surface area contributed by atoms with E-state index in [0.717, 1.165) is 39.0 Å². The van der Waals surface area contributed by atoms with Gasteiger partial charge in [0, 0.05) is 47.4 Å². The van der Waals surface area contributed by atoms with Crippen molar-refractivity contribution in [3.05, 3.63) is 113 Å². The highest BCUT2D eigenvalue weighted by atomic mass is 16.2. The second kappa shape index (κ2) is 9.73. The maximum absolute atomic E-state index is 13.3. The molecule has 2 aromatic carbocycles. The SMILES string of the molecule is O=C(NCc1cc2cnccc2[nH]1)C1CCc2cnc(NCc3cccc(-c4ccccc4)c3)c(=O)n21. The highest BCUT2D eigenvalue weighted by molar-refractivity contribution is 5.82. The van der Waals surface area contributed by atoms with Gasteiger partial charge in [0.25, 0.3) is 5.56 Å². The first kappa shape index (κ1) is 22.7. The molecule has 0 bridgehead atoms. The van der Waals surface area contributed by atoms with Gasteiger partial charge >= 0.3 is 0 Å². The first-order valence-electron chi connectivity index (χ1n) is 12.3.